The van der Waals surface area contributed by atoms with Gasteiger partial charge in [-0.25, -0.2) is 0 Å². The van der Waals surface area contributed by atoms with E-state index in [0.29, 0.717) is 6.10 Å². The summed E-state index contributed by atoms with van der Waals surface area (Å²) in [5, 5.41) is 3.17. The lowest BCUT2D eigenvalue weighted by Gasteiger charge is -2.33. The molecule has 1 fully saturated rings. The maximum atomic E-state index is 5.71. The third-order valence-corrected chi connectivity index (χ3v) is 3.24. The summed E-state index contributed by atoms with van der Waals surface area (Å²) >= 11 is 0. The fourth-order valence-electron chi connectivity index (χ4n) is 2.35. The highest BCUT2D eigenvalue weighted by atomic mass is 16.5. The number of rotatable bonds is 5. The Labute approximate surface area is 109 Å². The molecular weight excluding hydrogens is 228 g/mol. The number of hydrogen-bond donors (Lipinski definition) is 1. The van der Waals surface area contributed by atoms with Crippen LogP contribution in [0.15, 0.2) is 24.3 Å². The molecule has 1 atom stereocenters. The molecule has 1 aromatic carbocycles. The van der Waals surface area contributed by atoms with Crippen molar-refractivity contribution in [2.45, 2.75) is 12.6 Å². The van der Waals surface area contributed by atoms with Crippen LogP contribution >= 0.6 is 0 Å². The summed E-state index contributed by atoms with van der Waals surface area (Å²) in [6, 6.07) is 8.21. The molecule has 0 bridgehead atoms. The second kappa shape index (κ2) is 6.73. The van der Waals surface area contributed by atoms with Crippen LogP contribution in [-0.2, 0) is 11.3 Å². The lowest BCUT2D eigenvalue weighted by Crippen LogP contribution is -2.45. The van der Waals surface area contributed by atoms with Crippen LogP contribution in [-0.4, -0.2) is 51.4 Å². The van der Waals surface area contributed by atoms with Gasteiger partial charge in [-0.3, -0.25) is 4.90 Å². The number of para-hydroxylation sites is 1. The van der Waals surface area contributed by atoms with E-state index in [0.717, 1.165) is 38.5 Å². The third-order valence-electron chi connectivity index (χ3n) is 3.24. The molecule has 18 heavy (non-hydrogen) atoms. The summed E-state index contributed by atoms with van der Waals surface area (Å²) in [7, 11) is 3.69. The van der Waals surface area contributed by atoms with Crippen LogP contribution in [0.4, 0.5) is 0 Å². The van der Waals surface area contributed by atoms with Crippen LogP contribution in [0.3, 0.4) is 0 Å². The standard InChI is InChI=1S/C14H22N2O2/c1-15-9-13-11-16(7-8-18-13)10-12-5-3-4-6-14(12)17-2/h3-6,13,15H,7-11H2,1-2H3. The van der Waals surface area contributed by atoms with Crippen molar-refractivity contribution in [1.29, 1.82) is 0 Å². The first kappa shape index (κ1) is 13.3. The molecule has 1 aliphatic heterocycles. The van der Waals surface area contributed by atoms with Gasteiger partial charge >= 0.3 is 0 Å². The Bertz CT molecular complexity index is 369. The molecule has 0 amide bonds. The molecule has 1 aliphatic rings. The molecule has 0 spiro atoms. The molecule has 1 unspecified atom stereocenters. The number of hydrogen-bond acceptors (Lipinski definition) is 4. The van der Waals surface area contributed by atoms with Crippen LogP contribution < -0.4 is 10.1 Å². The Balaban J connectivity index is 1.96. The van der Waals surface area contributed by atoms with E-state index >= 15 is 0 Å². The third kappa shape index (κ3) is 3.45. The summed E-state index contributed by atoms with van der Waals surface area (Å²) < 4.78 is 11.1. The van der Waals surface area contributed by atoms with Crippen molar-refractivity contribution >= 4 is 0 Å². The topological polar surface area (TPSA) is 33.7 Å². The van der Waals surface area contributed by atoms with Crippen LogP contribution in [0.5, 0.6) is 5.75 Å². The van der Waals surface area contributed by atoms with E-state index < -0.39 is 0 Å². The van der Waals surface area contributed by atoms with Crippen molar-refractivity contribution in [2.24, 2.45) is 0 Å². The fourth-order valence-corrected chi connectivity index (χ4v) is 2.35. The first-order valence-corrected chi connectivity index (χ1v) is 6.44. The van der Waals surface area contributed by atoms with E-state index in [1.807, 2.05) is 19.2 Å². The van der Waals surface area contributed by atoms with E-state index in [2.05, 4.69) is 22.3 Å². The summed E-state index contributed by atoms with van der Waals surface area (Å²) in [6.07, 6.45) is 0.290. The summed E-state index contributed by atoms with van der Waals surface area (Å²) in [6.45, 7) is 4.59. The molecule has 0 aliphatic carbocycles. The number of methoxy groups -OCH3 is 1. The van der Waals surface area contributed by atoms with Crippen molar-refractivity contribution < 1.29 is 9.47 Å². The second-order valence-corrected chi connectivity index (χ2v) is 4.60. The number of nitrogens with zero attached hydrogens (tertiary/aromatic N) is 1. The molecule has 4 nitrogen and oxygen atoms in total. The van der Waals surface area contributed by atoms with Crippen LogP contribution in [0.1, 0.15) is 5.56 Å². The molecule has 1 saturated heterocycles. The van der Waals surface area contributed by atoms with E-state index in [-0.39, 0.29) is 0 Å². The zero-order valence-corrected chi connectivity index (χ0v) is 11.2. The Morgan fingerprint density at radius 3 is 3.06 bits per heavy atom. The van der Waals surface area contributed by atoms with Gasteiger partial charge in [-0.05, 0) is 13.1 Å². The number of morpholine rings is 1. The number of benzene rings is 1. The van der Waals surface area contributed by atoms with E-state index in [1.165, 1.54) is 5.56 Å². The monoisotopic (exact) mass is 250 g/mol. The molecule has 4 heteroatoms. The first-order chi connectivity index (χ1) is 8.83. The van der Waals surface area contributed by atoms with Gasteiger partial charge in [0.2, 0.25) is 0 Å². The number of ether oxygens (including phenoxy) is 2. The Morgan fingerprint density at radius 1 is 1.44 bits per heavy atom. The average Bonchev–Trinajstić information content (AvgIpc) is 2.40. The van der Waals surface area contributed by atoms with Gasteiger partial charge in [-0.15, -0.1) is 0 Å². The first-order valence-electron chi connectivity index (χ1n) is 6.44. The Hall–Kier alpha value is -1.10. The van der Waals surface area contributed by atoms with Crippen molar-refractivity contribution in [3.63, 3.8) is 0 Å². The SMILES string of the molecule is CNCC1CN(Cc2ccccc2OC)CCO1. The van der Waals surface area contributed by atoms with Crippen molar-refractivity contribution in [1.82, 2.24) is 10.2 Å². The summed E-state index contributed by atoms with van der Waals surface area (Å²) in [5.74, 6) is 0.967. The van der Waals surface area contributed by atoms with E-state index in [4.69, 9.17) is 9.47 Å². The zero-order chi connectivity index (χ0) is 12.8. The minimum atomic E-state index is 0.290. The van der Waals surface area contributed by atoms with Crippen LogP contribution in [0.2, 0.25) is 0 Å². The minimum absolute atomic E-state index is 0.290. The molecule has 0 radical (unpaired) electrons. The fraction of sp³-hybridized carbons (Fsp3) is 0.571. The number of nitrogens with one attached hydrogen (secondary N) is 1. The quantitative estimate of drug-likeness (QED) is 0.849. The van der Waals surface area contributed by atoms with Gasteiger partial charge < -0.3 is 14.8 Å². The predicted molar refractivity (Wildman–Crippen MR) is 71.9 cm³/mol. The Kier molecular flexibility index (Phi) is 4.99. The van der Waals surface area contributed by atoms with Crippen molar-refractivity contribution in [2.75, 3.05) is 40.4 Å². The molecule has 2 rings (SSSR count). The van der Waals surface area contributed by atoms with Gasteiger partial charge in [-0.1, -0.05) is 18.2 Å². The highest BCUT2D eigenvalue weighted by Gasteiger charge is 2.20. The van der Waals surface area contributed by atoms with Gasteiger partial charge in [-0.2, -0.15) is 0 Å². The van der Waals surface area contributed by atoms with Crippen LogP contribution in [0.25, 0.3) is 0 Å². The lowest BCUT2D eigenvalue weighted by atomic mass is 10.1. The maximum Gasteiger partial charge on any atom is 0.123 e. The largest absolute Gasteiger partial charge is 0.496 e. The van der Waals surface area contributed by atoms with E-state index in [1.54, 1.807) is 7.11 Å². The molecule has 1 N–H and O–H groups in total. The van der Waals surface area contributed by atoms with Crippen molar-refractivity contribution in [3.8, 4) is 5.75 Å². The normalized spacial score (nSPS) is 20.9. The highest BCUT2D eigenvalue weighted by Crippen LogP contribution is 2.20. The second-order valence-electron chi connectivity index (χ2n) is 4.60. The van der Waals surface area contributed by atoms with Gasteiger partial charge in [0.25, 0.3) is 0 Å². The average molecular weight is 250 g/mol. The van der Waals surface area contributed by atoms with Gasteiger partial charge in [0.15, 0.2) is 0 Å². The molecule has 0 saturated carbocycles. The lowest BCUT2D eigenvalue weighted by molar-refractivity contribution is -0.0293. The van der Waals surface area contributed by atoms with Gasteiger partial charge in [0, 0.05) is 31.7 Å². The molecule has 1 heterocycles. The number of likely N-dealkylation sites (N-methyl/N-ethyl adjacent to an activating group) is 1. The summed E-state index contributed by atoms with van der Waals surface area (Å²) in [5.41, 5.74) is 1.24. The van der Waals surface area contributed by atoms with Gasteiger partial charge in [0.1, 0.15) is 5.75 Å². The van der Waals surface area contributed by atoms with E-state index in [9.17, 15) is 0 Å². The minimum Gasteiger partial charge on any atom is -0.496 e. The molecule has 100 valence electrons. The smallest absolute Gasteiger partial charge is 0.123 e. The van der Waals surface area contributed by atoms with Gasteiger partial charge in [0.05, 0.1) is 19.8 Å². The molecule has 0 aromatic heterocycles. The van der Waals surface area contributed by atoms with Crippen molar-refractivity contribution in [3.05, 3.63) is 29.8 Å². The Morgan fingerprint density at radius 2 is 2.28 bits per heavy atom. The van der Waals surface area contributed by atoms with Crippen LogP contribution in [0, 0.1) is 0 Å². The summed E-state index contributed by atoms with van der Waals surface area (Å²) in [4.78, 5) is 2.42. The molecular formula is C14H22N2O2. The zero-order valence-electron chi connectivity index (χ0n) is 11.2. The maximum absolute atomic E-state index is 5.71. The molecule has 1 aromatic rings. The predicted octanol–water partition coefficient (Wildman–Crippen LogP) is 1.12. The highest BCUT2D eigenvalue weighted by molar-refractivity contribution is 5.33.